The molecule has 0 heterocycles. The van der Waals surface area contributed by atoms with E-state index >= 15 is 0 Å². The first-order chi connectivity index (χ1) is 5.18. The van der Waals surface area contributed by atoms with Crippen molar-refractivity contribution in [1.82, 2.24) is 6.15 Å². The Labute approximate surface area is 74.6 Å². The zero-order chi connectivity index (χ0) is 8.69. The quantitative estimate of drug-likeness (QED) is 0.475. The lowest BCUT2D eigenvalue weighted by molar-refractivity contribution is -0.114. The highest BCUT2D eigenvalue weighted by Gasteiger charge is 1.99. The van der Waals surface area contributed by atoms with Gasteiger partial charge in [-0.05, 0) is 12.8 Å². The number of nitrogens with two attached hydrogens (primary N) is 1. The van der Waals surface area contributed by atoms with Gasteiger partial charge in [-0.15, -0.1) is 0 Å². The first-order valence-electron chi connectivity index (χ1n) is 4.16. The summed E-state index contributed by atoms with van der Waals surface area (Å²) in [5.74, 6) is -0.360. The highest BCUT2D eigenvalue weighted by atomic mass is 16.1. The normalized spacial score (nSPS) is 8.75. The highest BCUT2D eigenvalue weighted by molar-refractivity contribution is 5.91. The second-order valence-corrected chi connectivity index (χ2v) is 2.78. The molecule has 0 unspecified atom stereocenters. The molecule has 0 aliphatic rings. The van der Waals surface area contributed by atoms with Crippen LogP contribution in [0.4, 0.5) is 0 Å². The van der Waals surface area contributed by atoms with Gasteiger partial charge in [0.05, 0.1) is 0 Å². The summed E-state index contributed by atoms with van der Waals surface area (Å²) in [6, 6.07) is 0. The molecule has 0 aromatic carbocycles. The topological polar surface area (TPSA) is 78.1 Å². The summed E-state index contributed by atoms with van der Waals surface area (Å²) in [6.07, 6.45) is 5.41. The molecular weight excluding hydrogens is 152 g/mol. The first kappa shape index (κ1) is 13.7. The molecule has 0 aliphatic heterocycles. The molecule has 0 fully saturated rings. The zero-order valence-corrected chi connectivity index (χ0v) is 7.94. The van der Waals surface area contributed by atoms with E-state index in [-0.39, 0.29) is 12.1 Å². The Bertz CT molecular complexity index is 143. The van der Waals surface area contributed by atoms with Crippen LogP contribution in [0.2, 0.25) is 0 Å². The van der Waals surface area contributed by atoms with Gasteiger partial charge in [0, 0.05) is 5.57 Å². The second kappa shape index (κ2) is 8.27. The number of amides is 1. The summed E-state index contributed by atoms with van der Waals surface area (Å²) >= 11 is 0. The molecule has 0 aromatic heterocycles. The zero-order valence-electron chi connectivity index (χ0n) is 7.94. The summed E-state index contributed by atoms with van der Waals surface area (Å²) in [5.41, 5.74) is 5.57. The fraction of sp³-hybridized carbons (Fsp3) is 0.667. The Balaban J connectivity index is 0. The van der Waals surface area contributed by atoms with E-state index in [2.05, 4.69) is 13.5 Å². The Morgan fingerprint density at radius 2 is 1.92 bits per heavy atom. The van der Waals surface area contributed by atoms with E-state index in [0.717, 1.165) is 12.8 Å². The lowest BCUT2D eigenvalue weighted by atomic mass is 10.1. The predicted octanol–water partition coefficient (Wildman–Crippen LogP) is 2.16. The van der Waals surface area contributed by atoms with Gasteiger partial charge in [-0.2, -0.15) is 0 Å². The monoisotopic (exact) mass is 172 g/mol. The first-order valence-corrected chi connectivity index (χ1v) is 4.16. The standard InChI is InChI=1S/C9H17NO.H3N/c1-3-4-5-6-7-8(2)9(10)11;/h2-7H2,1H3,(H2,10,11);1H3. The van der Waals surface area contributed by atoms with E-state index in [1.807, 2.05) is 0 Å². The Hall–Kier alpha value is -0.830. The van der Waals surface area contributed by atoms with Gasteiger partial charge in [0.2, 0.25) is 5.91 Å². The second-order valence-electron chi connectivity index (χ2n) is 2.78. The van der Waals surface area contributed by atoms with E-state index in [9.17, 15) is 4.79 Å². The van der Waals surface area contributed by atoms with Crippen molar-refractivity contribution in [3.05, 3.63) is 12.2 Å². The molecular formula is C9H20N2O. The molecule has 0 rings (SSSR count). The summed E-state index contributed by atoms with van der Waals surface area (Å²) in [4.78, 5) is 10.5. The minimum absolute atomic E-state index is 0. The number of unbranched alkanes of at least 4 members (excludes halogenated alkanes) is 3. The van der Waals surface area contributed by atoms with Crippen LogP contribution in [0.15, 0.2) is 12.2 Å². The molecule has 0 bridgehead atoms. The van der Waals surface area contributed by atoms with Crippen molar-refractivity contribution in [2.45, 2.75) is 39.0 Å². The Kier molecular flexibility index (Phi) is 9.47. The third-order valence-electron chi connectivity index (χ3n) is 1.68. The SMILES string of the molecule is C=C(CCCCCC)C(N)=O.N. The van der Waals surface area contributed by atoms with Gasteiger partial charge >= 0.3 is 0 Å². The summed E-state index contributed by atoms with van der Waals surface area (Å²) in [5, 5.41) is 0. The molecule has 0 aromatic rings. The van der Waals surface area contributed by atoms with Crippen LogP contribution in [0, 0.1) is 0 Å². The van der Waals surface area contributed by atoms with E-state index in [4.69, 9.17) is 5.73 Å². The van der Waals surface area contributed by atoms with Crippen LogP contribution in [0.3, 0.4) is 0 Å². The van der Waals surface area contributed by atoms with Gasteiger partial charge < -0.3 is 11.9 Å². The van der Waals surface area contributed by atoms with Crippen LogP contribution < -0.4 is 11.9 Å². The molecule has 72 valence electrons. The number of hydrogen-bond donors (Lipinski definition) is 2. The average molecular weight is 172 g/mol. The summed E-state index contributed by atoms with van der Waals surface area (Å²) < 4.78 is 0. The van der Waals surface area contributed by atoms with Gasteiger partial charge in [-0.3, -0.25) is 4.79 Å². The Morgan fingerprint density at radius 1 is 1.33 bits per heavy atom. The lowest BCUT2D eigenvalue weighted by Crippen LogP contribution is -2.12. The molecule has 0 radical (unpaired) electrons. The number of primary amides is 1. The smallest absolute Gasteiger partial charge is 0.244 e. The van der Waals surface area contributed by atoms with Crippen molar-refractivity contribution < 1.29 is 4.79 Å². The molecule has 5 N–H and O–H groups in total. The lowest BCUT2D eigenvalue weighted by Gasteiger charge is -1.99. The minimum Gasteiger partial charge on any atom is -0.366 e. The van der Waals surface area contributed by atoms with Gasteiger partial charge in [0.1, 0.15) is 0 Å². The van der Waals surface area contributed by atoms with Crippen molar-refractivity contribution >= 4 is 5.91 Å². The van der Waals surface area contributed by atoms with Crippen molar-refractivity contribution in [3.63, 3.8) is 0 Å². The molecule has 0 aliphatic carbocycles. The van der Waals surface area contributed by atoms with Crippen LogP contribution in [0.1, 0.15) is 39.0 Å². The van der Waals surface area contributed by atoms with Crippen LogP contribution >= 0.6 is 0 Å². The van der Waals surface area contributed by atoms with E-state index in [0.29, 0.717) is 5.57 Å². The molecule has 3 nitrogen and oxygen atoms in total. The summed E-state index contributed by atoms with van der Waals surface area (Å²) in [7, 11) is 0. The minimum atomic E-state index is -0.360. The van der Waals surface area contributed by atoms with Gasteiger partial charge in [-0.25, -0.2) is 0 Å². The maximum atomic E-state index is 10.5. The number of carbonyl (C=O) groups excluding carboxylic acids is 1. The van der Waals surface area contributed by atoms with Crippen LogP contribution in [-0.2, 0) is 4.79 Å². The van der Waals surface area contributed by atoms with Crippen molar-refractivity contribution in [3.8, 4) is 0 Å². The molecule has 12 heavy (non-hydrogen) atoms. The van der Waals surface area contributed by atoms with Crippen LogP contribution in [0.25, 0.3) is 0 Å². The molecule has 1 amide bonds. The van der Waals surface area contributed by atoms with Gasteiger partial charge in [-0.1, -0.05) is 32.8 Å². The molecule has 0 saturated heterocycles. The van der Waals surface area contributed by atoms with Gasteiger partial charge in [0.15, 0.2) is 0 Å². The third-order valence-corrected chi connectivity index (χ3v) is 1.68. The summed E-state index contributed by atoms with van der Waals surface area (Å²) in [6.45, 7) is 5.73. The van der Waals surface area contributed by atoms with Crippen LogP contribution in [-0.4, -0.2) is 5.91 Å². The third kappa shape index (κ3) is 7.28. The maximum Gasteiger partial charge on any atom is 0.244 e. The van der Waals surface area contributed by atoms with Gasteiger partial charge in [0.25, 0.3) is 0 Å². The van der Waals surface area contributed by atoms with E-state index in [1.165, 1.54) is 19.3 Å². The fourth-order valence-electron chi connectivity index (χ4n) is 0.888. The molecule has 0 saturated carbocycles. The van der Waals surface area contributed by atoms with E-state index < -0.39 is 0 Å². The molecule has 0 atom stereocenters. The fourth-order valence-corrected chi connectivity index (χ4v) is 0.888. The molecule has 0 spiro atoms. The van der Waals surface area contributed by atoms with Crippen molar-refractivity contribution in [2.24, 2.45) is 5.73 Å². The van der Waals surface area contributed by atoms with Crippen molar-refractivity contribution in [2.75, 3.05) is 0 Å². The average Bonchev–Trinajstić information content (AvgIpc) is 1.97. The maximum absolute atomic E-state index is 10.5. The largest absolute Gasteiger partial charge is 0.366 e. The van der Waals surface area contributed by atoms with Crippen molar-refractivity contribution in [1.29, 1.82) is 0 Å². The number of rotatable bonds is 6. The van der Waals surface area contributed by atoms with E-state index in [1.54, 1.807) is 0 Å². The Morgan fingerprint density at radius 3 is 2.33 bits per heavy atom. The van der Waals surface area contributed by atoms with Crippen LogP contribution in [0.5, 0.6) is 0 Å². The molecule has 3 heteroatoms. The predicted molar refractivity (Wildman–Crippen MR) is 52.1 cm³/mol. The number of carbonyl (C=O) groups is 1. The number of hydrogen-bond acceptors (Lipinski definition) is 2. The highest BCUT2D eigenvalue weighted by Crippen LogP contribution is 2.07.